The SMILES string of the molecule is Cc1nc2c(F)cc(-c3ccn4nc(C5(N)CC(N(C)C)C5)ncc34)cc2n1C(C)C. The van der Waals surface area contributed by atoms with Gasteiger partial charge in [0.15, 0.2) is 11.6 Å². The molecule has 1 aromatic carbocycles. The third kappa shape index (κ3) is 3.04. The van der Waals surface area contributed by atoms with Crippen molar-refractivity contribution in [2.45, 2.75) is 51.2 Å². The molecule has 2 N–H and O–H groups in total. The average Bonchev–Trinajstić information content (AvgIpc) is 3.25. The molecule has 0 bridgehead atoms. The second-order valence-corrected chi connectivity index (χ2v) is 9.27. The van der Waals surface area contributed by atoms with Gasteiger partial charge in [-0.25, -0.2) is 18.9 Å². The Bertz CT molecular complexity index is 1290. The Labute approximate surface area is 180 Å². The molecule has 8 heteroatoms. The van der Waals surface area contributed by atoms with Crippen LogP contribution in [0.2, 0.25) is 0 Å². The monoisotopic (exact) mass is 421 g/mol. The van der Waals surface area contributed by atoms with Gasteiger partial charge in [-0.15, -0.1) is 0 Å². The van der Waals surface area contributed by atoms with Crippen LogP contribution in [0.3, 0.4) is 0 Å². The molecule has 162 valence electrons. The molecule has 0 aliphatic heterocycles. The van der Waals surface area contributed by atoms with E-state index in [9.17, 15) is 4.39 Å². The molecule has 31 heavy (non-hydrogen) atoms. The van der Waals surface area contributed by atoms with Gasteiger partial charge < -0.3 is 15.2 Å². The molecule has 3 aromatic heterocycles. The van der Waals surface area contributed by atoms with Crippen LogP contribution in [-0.4, -0.2) is 49.2 Å². The number of hydrogen-bond donors (Lipinski definition) is 1. The predicted octanol–water partition coefficient (Wildman–Crippen LogP) is 3.65. The molecule has 1 fully saturated rings. The van der Waals surface area contributed by atoms with Crippen LogP contribution in [0.15, 0.2) is 30.6 Å². The number of hydrogen-bond acceptors (Lipinski definition) is 5. The molecule has 0 spiro atoms. The minimum absolute atomic E-state index is 0.186. The number of nitrogens with zero attached hydrogens (tertiary/aromatic N) is 6. The summed E-state index contributed by atoms with van der Waals surface area (Å²) in [5, 5.41) is 4.69. The number of halogens is 1. The second-order valence-electron chi connectivity index (χ2n) is 9.27. The van der Waals surface area contributed by atoms with Crippen LogP contribution in [0.4, 0.5) is 4.39 Å². The Hall–Kier alpha value is -2.84. The quantitative estimate of drug-likeness (QED) is 0.544. The van der Waals surface area contributed by atoms with E-state index in [1.165, 1.54) is 0 Å². The normalized spacial score (nSPS) is 21.5. The molecule has 4 aromatic rings. The number of rotatable bonds is 4. The number of nitrogens with two attached hydrogens (primary N) is 1. The summed E-state index contributed by atoms with van der Waals surface area (Å²) in [5.74, 6) is 1.13. The van der Waals surface area contributed by atoms with Gasteiger partial charge >= 0.3 is 0 Å². The lowest BCUT2D eigenvalue weighted by molar-refractivity contribution is 0.0865. The van der Waals surface area contributed by atoms with Crippen LogP contribution >= 0.6 is 0 Å². The first-order chi connectivity index (χ1) is 14.7. The molecule has 1 aliphatic carbocycles. The number of fused-ring (bicyclic) bond motifs is 2. The van der Waals surface area contributed by atoms with Gasteiger partial charge in [0, 0.05) is 23.8 Å². The zero-order chi connectivity index (χ0) is 22.1. The van der Waals surface area contributed by atoms with Crippen molar-refractivity contribution in [1.29, 1.82) is 0 Å². The fourth-order valence-corrected chi connectivity index (χ4v) is 4.78. The van der Waals surface area contributed by atoms with E-state index in [0.717, 1.165) is 40.8 Å². The molecular weight excluding hydrogens is 393 g/mol. The summed E-state index contributed by atoms with van der Waals surface area (Å²) in [6, 6.07) is 6.13. The first-order valence-electron chi connectivity index (χ1n) is 10.7. The van der Waals surface area contributed by atoms with Crippen molar-refractivity contribution in [2.75, 3.05) is 14.1 Å². The van der Waals surface area contributed by atoms with Gasteiger partial charge in [0.05, 0.1) is 22.8 Å². The van der Waals surface area contributed by atoms with Crippen LogP contribution < -0.4 is 5.73 Å². The fourth-order valence-electron chi connectivity index (χ4n) is 4.78. The fraction of sp³-hybridized carbons (Fsp3) is 0.435. The van der Waals surface area contributed by atoms with Crippen LogP contribution in [0.25, 0.3) is 27.7 Å². The van der Waals surface area contributed by atoms with Gasteiger partial charge in [-0.3, -0.25) is 0 Å². The molecule has 0 atom stereocenters. The maximum Gasteiger partial charge on any atom is 0.169 e. The average molecular weight is 422 g/mol. The first kappa shape index (κ1) is 20.1. The molecule has 3 heterocycles. The standard InChI is InChI=1S/C23H28FN7/c1-13(2)31-14(3)27-21-18(24)8-15(9-19(21)31)17-6-7-30-20(17)12-26-22(28-30)23(25)10-16(11-23)29(4)5/h6-9,12-13,16H,10-11,25H2,1-5H3. The summed E-state index contributed by atoms with van der Waals surface area (Å²) in [5.41, 5.74) is 9.75. The van der Waals surface area contributed by atoms with Gasteiger partial charge in [0.1, 0.15) is 11.3 Å². The summed E-state index contributed by atoms with van der Waals surface area (Å²) in [7, 11) is 4.13. The number of aryl methyl sites for hydroxylation is 1. The summed E-state index contributed by atoms with van der Waals surface area (Å²) in [6.45, 7) is 6.06. The van der Waals surface area contributed by atoms with Crippen molar-refractivity contribution in [3.8, 4) is 11.1 Å². The Morgan fingerprint density at radius 1 is 1.23 bits per heavy atom. The van der Waals surface area contributed by atoms with Crippen LogP contribution in [0.1, 0.15) is 44.4 Å². The molecule has 0 saturated heterocycles. The van der Waals surface area contributed by atoms with Gasteiger partial charge in [-0.1, -0.05) is 0 Å². The van der Waals surface area contributed by atoms with E-state index in [1.807, 2.05) is 25.3 Å². The summed E-state index contributed by atoms with van der Waals surface area (Å²) < 4.78 is 18.8. The van der Waals surface area contributed by atoms with Crippen molar-refractivity contribution >= 4 is 16.6 Å². The lowest BCUT2D eigenvalue weighted by Gasteiger charge is -2.46. The van der Waals surface area contributed by atoms with E-state index in [2.05, 4.69) is 47.4 Å². The molecule has 5 rings (SSSR count). The highest BCUT2D eigenvalue weighted by atomic mass is 19.1. The highest BCUT2D eigenvalue weighted by Crippen LogP contribution is 2.39. The van der Waals surface area contributed by atoms with Crippen LogP contribution in [-0.2, 0) is 5.54 Å². The minimum atomic E-state index is -0.500. The van der Waals surface area contributed by atoms with Crippen LogP contribution in [0.5, 0.6) is 0 Å². The van der Waals surface area contributed by atoms with E-state index >= 15 is 0 Å². The molecule has 7 nitrogen and oxygen atoms in total. The van der Waals surface area contributed by atoms with Crippen LogP contribution in [0, 0.1) is 12.7 Å². The van der Waals surface area contributed by atoms with Gasteiger partial charge in [0.2, 0.25) is 0 Å². The summed E-state index contributed by atoms with van der Waals surface area (Å²) >= 11 is 0. The number of benzene rings is 1. The van der Waals surface area contributed by atoms with E-state index in [1.54, 1.807) is 16.8 Å². The highest BCUT2D eigenvalue weighted by Gasteiger charge is 2.45. The third-order valence-corrected chi connectivity index (χ3v) is 6.54. The van der Waals surface area contributed by atoms with Crippen molar-refractivity contribution < 1.29 is 4.39 Å². The largest absolute Gasteiger partial charge is 0.326 e. The van der Waals surface area contributed by atoms with Crippen molar-refractivity contribution in [3.63, 3.8) is 0 Å². The molecule has 1 aliphatic rings. The molecule has 0 amide bonds. The Morgan fingerprint density at radius 2 is 1.97 bits per heavy atom. The Morgan fingerprint density at radius 3 is 2.65 bits per heavy atom. The number of imidazole rings is 1. The maximum atomic E-state index is 14.9. The lowest BCUT2D eigenvalue weighted by atomic mass is 9.72. The van der Waals surface area contributed by atoms with Gasteiger partial charge in [-0.05, 0) is 71.5 Å². The lowest BCUT2D eigenvalue weighted by Crippen LogP contribution is -2.57. The summed E-state index contributed by atoms with van der Waals surface area (Å²) in [4.78, 5) is 11.2. The number of aromatic nitrogens is 5. The van der Waals surface area contributed by atoms with E-state index < -0.39 is 5.54 Å². The van der Waals surface area contributed by atoms with Gasteiger partial charge in [0.25, 0.3) is 0 Å². The third-order valence-electron chi connectivity index (χ3n) is 6.54. The Kier molecular flexibility index (Phi) is 4.43. The van der Waals surface area contributed by atoms with Crippen molar-refractivity contribution in [1.82, 2.24) is 29.0 Å². The summed E-state index contributed by atoms with van der Waals surface area (Å²) in [6.07, 6.45) is 5.34. The minimum Gasteiger partial charge on any atom is -0.326 e. The zero-order valence-electron chi connectivity index (χ0n) is 18.6. The topological polar surface area (TPSA) is 77.3 Å². The van der Waals surface area contributed by atoms with Gasteiger partial charge in [-0.2, -0.15) is 5.10 Å². The molecule has 0 unspecified atom stereocenters. The molecule has 1 saturated carbocycles. The molecule has 0 radical (unpaired) electrons. The zero-order valence-corrected chi connectivity index (χ0v) is 18.6. The Balaban J connectivity index is 1.57. The predicted molar refractivity (Wildman–Crippen MR) is 119 cm³/mol. The first-order valence-corrected chi connectivity index (χ1v) is 10.7. The van der Waals surface area contributed by atoms with E-state index in [-0.39, 0.29) is 11.9 Å². The molecular formula is C23H28FN7. The van der Waals surface area contributed by atoms with E-state index in [0.29, 0.717) is 17.4 Å². The van der Waals surface area contributed by atoms with Crippen molar-refractivity contribution in [3.05, 3.63) is 48.1 Å². The maximum absolute atomic E-state index is 14.9. The van der Waals surface area contributed by atoms with E-state index in [4.69, 9.17) is 10.8 Å². The highest BCUT2D eigenvalue weighted by molar-refractivity contribution is 5.88. The second kappa shape index (κ2) is 6.83. The van der Waals surface area contributed by atoms with Crippen molar-refractivity contribution in [2.24, 2.45) is 5.73 Å². The smallest absolute Gasteiger partial charge is 0.169 e.